The Morgan fingerprint density at radius 3 is 2.52 bits per heavy atom. The first-order chi connectivity index (χ1) is 9.77. The first-order valence-electron chi connectivity index (χ1n) is 5.76. The van der Waals surface area contributed by atoms with Gasteiger partial charge in [0, 0.05) is 11.4 Å². The summed E-state index contributed by atoms with van der Waals surface area (Å²) >= 11 is 5.93. The molecule has 0 bridgehead atoms. The van der Waals surface area contributed by atoms with Crippen LogP contribution >= 0.6 is 11.6 Å². The minimum Gasteiger partial charge on any atom is -0.399 e. The summed E-state index contributed by atoms with van der Waals surface area (Å²) in [6.45, 7) is 0. The average Bonchev–Trinajstić information content (AvgIpc) is 2.41. The van der Waals surface area contributed by atoms with Gasteiger partial charge in [-0.3, -0.25) is 4.79 Å². The van der Waals surface area contributed by atoms with E-state index in [0.29, 0.717) is 5.69 Å². The number of hydrogen-bond donors (Lipinski definition) is 3. The third-order valence-corrected chi connectivity index (χ3v) is 3.90. The minimum atomic E-state index is -3.84. The molecule has 0 aliphatic carbocycles. The maximum atomic E-state index is 12.1. The van der Waals surface area contributed by atoms with Crippen LogP contribution in [-0.4, -0.2) is 14.3 Å². The summed E-state index contributed by atoms with van der Waals surface area (Å²) in [5.74, 6) is -0.501. The molecule has 8 heteroatoms. The van der Waals surface area contributed by atoms with Crippen LogP contribution in [0.1, 0.15) is 10.4 Å². The molecule has 2 rings (SSSR count). The molecule has 0 fully saturated rings. The Morgan fingerprint density at radius 1 is 1.14 bits per heavy atom. The van der Waals surface area contributed by atoms with Crippen molar-refractivity contribution >= 4 is 38.9 Å². The molecule has 0 saturated carbocycles. The average molecular weight is 326 g/mol. The second-order valence-electron chi connectivity index (χ2n) is 4.27. The van der Waals surface area contributed by atoms with Gasteiger partial charge in [-0.1, -0.05) is 17.7 Å². The van der Waals surface area contributed by atoms with Crippen LogP contribution < -0.4 is 16.2 Å². The third-order valence-electron chi connectivity index (χ3n) is 2.66. The van der Waals surface area contributed by atoms with E-state index in [1.54, 1.807) is 6.07 Å². The van der Waals surface area contributed by atoms with E-state index in [1.807, 2.05) is 0 Å². The normalized spacial score (nSPS) is 11.1. The Morgan fingerprint density at radius 2 is 1.86 bits per heavy atom. The molecular formula is C13H12ClN3O3S. The largest absolute Gasteiger partial charge is 0.399 e. The van der Waals surface area contributed by atoms with Crippen molar-refractivity contribution in [2.45, 2.75) is 4.90 Å². The van der Waals surface area contributed by atoms with Crippen LogP contribution in [-0.2, 0) is 10.0 Å². The van der Waals surface area contributed by atoms with Gasteiger partial charge in [0.2, 0.25) is 10.0 Å². The molecule has 5 N–H and O–H groups in total. The van der Waals surface area contributed by atoms with Crippen molar-refractivity contribution < 1.29 is 13.2 Å². The lowest BCUT2D eigenvalue weighted by molar-refractivity contribution is 0.102. The van der Waals surface area contributed by atoms with Crippen molar-refractivity contribution in [1.29, 1.82) is 0 Å². The predicted octanol–water partition coefficient (Wildman–Crippen LogP) is 1.82. The fraction of sp³-hybridized carbons (Fsp3) is 0. The Kier molecular flexibility index (Phi) is 4.17. The number of nitrogens with one attached hydrogen (secondary N) is 1. The van der Waals surface area contributed by atoms with E-state index in [1.165, 1.54) is 36.4 Å². The number of benzene rings is 2. The molecule has 21 heavy (non-hydrogen) atoms. The molecule has 0 unspecified atom stereocenters. The molecule has 0 atom stereocenters. The summed E-state index contributed by atoms with van der Waals surface area (Å²) in [6.07, 6.45) is 0. The highest BCUT2D eigenvalue weighted by atomic mass is 35.5. The van der Waals surface area contributed by atoms with Gasteiger partial charge in [-0.2, -0.15) is 0 Å². The molecule has 0 saturated heterocycles. The topological polar surface area (TPSA) is 115 Å². The van der Waals surface area contributed by atoms with Gasteiger partial charge in [-0.05, 0) is 36.4 Å². The molecule has 2 aromatic carbocycles. The zero-order chi connectivity index (χ0) is 15.6. The number of nitrogens with two attached hydrogens (primary N) is 2. The molecule has 2 aromatic rings. The summed E-state index contributed by atoms with van der Waals surface area (Å²) in [5, 5.41) is 7.81. The molecule has 110 valence electrons. The summed E-state index contributed by atoms with van der Waals surface area (Å²) in [5.41, 5.74) is 6.47. The molecule has 0 spiro atoms. The van der Waals surface area contributed by atoms with Crippen LogP contribution in [0.5, 0.6) is 0 Å². The zero-order valence-electron chi connectivity index (χ0n) is 10.7. The first-order valence-corrected chi connectivity index (χ1v) is 7.69. The van der Waals surface area contributed by atoms with Crippen LogP contribution in [0.2, 0.25) is 5.02 Å². The van der Waals surface area contributed by atoms with Crippen molar-refractivity contribution in [3.05, 3.63) is 53.1 Å². The number of hydrogen-bond acceptors (Lipinski definition) is 4. The monoisotopic (exact) mass is 325 g/mol. The van der Waals surface area contributed by atoms with Crippen molar-refractivity contribution in [2.24, 2.45) is 5.14 Å². The van der Waals surface area contributed by atoms with Gasteiger partial charge in [0.1, 0.15) is 0 Å². The first kappa shape index (κ1) is 15.3. The number of halogens is 1. The minimum absolute atomic E-state index is 0.0982. The van der Waals surface area contributed by atoms with E-state index in [0.717, 1.165) is 0 Å². The van der Waals surface area contributed by atoms with E-state index in [-0.39, 0.29) is 21.2 Å². The molecule has 0 heterocycles. The molecule has 1 amide bonds. The van der Waals surface area contributed by atoms with Crippen LogP contribution in [0.4, 0.5) is 11.4 Å². The Hall–Kier alpha value is -2.09. The molecule has 0 radical (unpaired) electrons. The third kappa shape index (κ3) is 3.72. The number of nitrogen functional groups attached to an aromatic ring is 1. The fourth-order valence-corrected chi connectivity index (χ4v) is 2.43. The number of primary sulfonamides is 1. The Labute approximate surface area is 126 Å². The van der Waals surface area contributed by atoms with Gasteiger partial charge in [-0.15, -0.1) is 0 Å². The van der Waals surface area contributed by atoms with Crippen LogP contribution in [0, 0.1) is 0 Å². The van der Waals surface area contributed by atoms with E-state index in [9.17, 15) is 13.2 Å². The summed E-state index contributed by atoms with van der Waals surface area (Å²) in [7, 11) is -3.84. The molecular weight excluding hydrogens is 314 g/mol. The number of carbonyl (C=O) groups excluding carboxylic acids is 1. The van der Waals surface area contributed by atoms with Crippen LogP contribution in [0.3, 0.4) is 0 Å². The lowest BCUT2D eigenvalue weighted by Gasteiger charge is -2.08. The number of sulfonamides is 1. The molecule has 0 aliphatic heterocycles. The Bertz CT molecular complexity index is 806. The van der Waals surface area contributed by atoms with E-state index < -0.39 is 15.9 Å². The van der Waals surface area contributed by atoms with Crippen molar-refractivity contribution in [1.82, 2.24) is 0 Å². The van der Waals surface area contributed by atoms with Gasteiger partial charge in [-0.25, -0.2) is 13.6 Å². The summed E-state index contributed by atoms with van der Waals surface area (Å²) in [4.78, 5) is 12.0. The second kappa shape index (κ2) is 5.72. The lowest BCUT2D eigenvalue weighted by atomic mass is 10.2. The van der Waals surface area contributed by atoms with E-state index in [2.05, 4.69) is 5.32 Å². The van der Waals surface area contributed by atoms with Gasteiger partial charge in [0.15, 0.2) is 0 Å². The summed E-state index contributed by atoms with van der Waals surface area (Å²) < 4.78 is 22.5. The summed E-state index contributed by atoms with van der Waals surface area (Å²) in [6, 6.07) is 10.1. The van der Waals surface area contributed by atoms with Crippen molar-refractivity contribution in [3.8, 4) is 0 Å². The van der Waals surface area contributed by atoms with E-state index >= 15 is 0 Å². The fourth-order valence-electron chi connectivity index (χ4n) is 1.67. The molecule has 0 aliphatic rings. The SMILES string of the molecule is Nc1ccc(Cl)c(C(=O)Nc2cccc(S(N)(=O)=O)c2)c1. The van der Waals surface area contributed by atoms with Gasteiger partial charge >= 0.3 is 0 Å². The highest BCUT2D eigenvalue weighted by molar-refractivity contribution is 7.89. The smallest absolute Gasteiger partial charge is 0.257 e. The maximum Gasteiger partial charge on any atom is 0.257 e. The molecule has 0 aromatic heterocycles. The van der Waals surface area contributed by atoms with Crippen LogP contribution in [0.25, 0.3) is 0 Å². The quantitative estimate of drug-likeness (QED) is 0.746. The highest BCUT2D eigenvalue weighted by Gasteiger charge is 2.13. The number of rotatable bonds is 3. The van der Waals surface area contributed by atoms with Gasteiger partial charge in [0.25, 0.3) is 5.91 Å². The standard InChI is InChI=1S/C13H12ClN3O3S/c14-12-5-4-8(15)6-11(12)13(18)17-9-2-1-3-10(7-9)21(16,19)20/h1-7H,15H2,(H,17,18)(H2,16,19,20). The lowest BCUT2D eigenvalue weighted by Crippen LogP contribution is -2.15. The maximum absolute atomic E-state index is 12.1. The van der Waals surface area contributed by atoms with Crippen molar-refractivity contribution in [3.63, 3.8) is 0 Å². The number of anilines is 2. The van der Waals surface area contributed by atoms with Gasteiger partial charge in [0.05, 0.1) is 15.5 Å². The van der Waals surface area contributed by atoms with Crippen LogP contribution in [0.15, 0.2) is 47.4 Å². The van der Waals surface area contributed by atoms with E-state index in [4.69, 9.17) is 22.5 Å². The number of carbonyl (C=O) groups is 1. The number of amides is 1. The highest BCUT2D eigenvalue weighted by Crippen LogP contribution is 2.21. The Balaban J connectivity index is 2.30. The zero-order valence-corrected chi connectivity index (χ0v) is 12.3. The molecule has 6 nitrogen and oxygen atoms in total. The predicted molar refractivity (Wildman–Crippen MR) is 81.6 cm³/mol. The van der Waals surface area contributed by atoms with Crippen molar-refractivity contribution in [2.75, 3.05) is 11.1 Å². The van der Waals surface area contributed by atoms with Gasteiger partial charge < -0.3 is 11.1 Å². The second-order valence-corrected chi connectivity index (χ2v) is 6.23.